The summed E-state index contributed by atoms with van der Waals surface area (Å²) in [5.74, 6) is 2.43. The first-order chi connectivity index (χ1) is 17.6. The third-order valence-corrected chi connectivity index (χ3v) is 6.41. The van der Waals surface area contributed by atoms with Gasteiger partial charge < -0.3 is 19.4 Å². The summed E-state index contributed by atoms with van der Waals surface area (Å²) in [5, 5.41) is 3.03. The van der Waals surface area contributed by atoms with Gasteiger partial charge in [0.15, 0.2) is 11.5 Å². The summed E-state index contributed by atoms with van der Waals surface area (Å²) in [6.07, 6.45) is 4.24. The number of rotatable bonds is 12. The molecule has 1 aromatic heterocycles. The van der Waals surface area contributed by atoms with E-state index in [-0.39, 0.29) is 5.91 Å². The van der Waals surface area contributed by atoms with E-state index in [4.69, 9.17) is 14.5 Å². The molecule has 0 radical (unpaired) electrons. The van der Waals surface area contributed by atoms with Crippen molar-refractivity contribution >= 4 is 16.9 Å². The van der Waals surface area contributed by atoms with Gasteiger partial charge in [0.05, 0.1) is 31.7 Å². The van der Waals surface area contributed by atoms with Crippen LogP contribution in [0.25, 0.3) is 11.0 Å². The summed E-state index contributed by atoms with van der Waals surface area (Å²) in [6, 6.07) is 22.6. The molecule has 0 aliphatic rings. The number of unbranched alkanes of at least 4 members (excludes halogenated alkanes) is 2. The largest absolute Gasteiger partial charge is 0.493 e. The van der Waals surface area contributed by atoms with Gasteiger partial charge in [0.1, 0.15) is 5.82 Å². The topological polar surface area (TPSA) is 65.4 Å². The van der Waals surface area contributed by atoms with Gasteiger partial charge in [-0.3, -0.25) is 4.79 Å². The van der Waals surface area contributed by atoms with Gasteiger partial charge in [-0.05, 0) is 55.2 Å². The van der Waals surface area contributed by atoms with Gasteiger partial charge in [-0.2, -0.15) is 0 Å². The van der Waals surface area contributed by atoms with Crippen LogP contribution in [-0.4, -0.2) is 36.2 Å². The van der Waals surface area contributed by atoms with Gasteiger partial charge in [-0.15, -0.1) is 0 Å². The van der Waals surface area contributed by atoms with Crippen molar-refractivity contribution in [2.75, 3.05) is 20.8 Å². The monoisotopic (exact) mass is 485 g/mol. The number of aromatic nitrogens is 2. The predicted molar refractivity (Wildman–Crippen MR) is 144 cm³/mol. The maximum absolute atomic E-state index is 12.4. The number of hydrogen-bond donors (Lipinski definition) is 1. The molecule has 0 aliphatic carbocycles. The Labute approximate surface area is 213 Å². The fraction of sp³-hybridized carbons (Fsp3) is 0.333. The molecule has 0 fully saturated rings. The third kappa shape index (κ3) is 6.45. The molecular formula is C30H35N3O3. The van der Waals surface area contributed by atoms with Gasteiger partial charge in [0.25, 0.3) is 0 Å². The van der Waals surface area contributed by atoms with Crippen molar-refractivity contribution in [1.82, 2.24) is 14.9 Å². The number of amides is 1. The Morgan fingerprint density at radius 1 is 0.889 bits per heavy atom. The van der Waals surface area contributed by atoms with Crippen LogP contribution in [0.4, 0.5) is 0 Å². The lowest BCUT2D eigenvalue weighted by atomic mass is 10.1. The highest BCUT2D eigenvalue weighted by atomic mass is 16.5. The molecule has 36 heavy (non-hydrogen) atoms. The summed E-state index contributed by atoms with van der Waals surface area (Å²) in [6.45, 7) is 3.61. The van der Waals surface area contributed by atoms with E-state index in [1.165, 1.54) is 16.6 Å². The molecule has 0 bridgehead atoms. The van der Waals surface area contributed by atoms with Gasteiger partial charge in [0.2, 0.25) is 5.91 Å². The molecule has 3 aromatic carbocycles. The average Bonchev–Trinajstić information content (AvgIpc) is 3.24. The maximum Gasteiger partial charge on any atom is 0.224 e. The fourth-order valence-corrected chi connectivity index (χ4v) is 4.42. The molecule has 4 aromatic rings. The normalized spacial score (nSPS) is 11.0. The van der Waals surface area contributed by atoms with Crippen LogP contribution >= 0.6 is 0 Å². The van der Waals surface area contributed by atoms with Crippen molar-refractivity contribution in [2.45, 2.75) is 45.6 Å². The smallest absolute Gasteiger partial charge is 0.224 e. The van der Waals surface area contributed by atoms with E-state index in [9.17, 15) is 4.79 Å². The second-order valence-corrected chi connectivity index (χ2v) is 9.12. The third-order valence-electron chi connectivity index (χ3n) is 6.41. The molecular weight excluding hydrogens is 450 g/mol. The Hall–Kier alpha value is -3.80. The SMILES string of the molecule is COc1ccc(CC(=O)NCCCCCc2nc3ccccc3n2Cc2ccc(C)cc2)cc1OC. The molecule has 4 rings (SSSR count). The van der Waals surface area contributed by atoms with E-state index < -0.39 is 0 Å². The van der Waals surface area contributed by atoms with E-state index in [0.717, 1.165) is 49.1 Å². The Balaban J connectivity index is 1.26. The number of methoxy groups -OCH3 is 2. The second-order valence-electron chi connectivity index (χ2n) is 9.12. The van der Waals surface area contributed by atoms with Crippen LogP contribution < -0.4 is 14.8 Å². The first kappa shape index (κ1) is 25.3. The second kappa shape index (κ2) is 12.2. The molecule has 0 saturated heterocycles. The standard InChI is InChI=1S/C30H35N3O3/c1-22-12-14-23(15-13-22)21-33-26-10-7-6-9-25(26)32-29(33)11-5-4-8-18-31-30(34)20-24-16-17-27(35-2)28(19-24)36-3/h6-7,9-10,12-17,19H,4-5,8,11,18,20-21H2,1-3H3,(H,31,34). The number of nitrogens with one attached hydrogen (secondary N) is 1. The maximum atomic E-state index is 12.4. The molecule has 0 spiro atoms. The highest BCUT2D eigenvalue weighted by molar-refractivity contribution is 5.78. The highest BCUT2D eigenvalue weighted by Gasteiger charge is 2.11. The number of nitrogens with zero attached hydrogens (tertiary/aromatic N) is 2. The van der Waals surface area contributed by atoms with Crippen LogP contribution in [0.2, 0.25) is 0 Å². The van der Waals surface area contributed by atoms with E-state index in [1.54, 1.807) is 14.2 Å². The van der Waals surface area contributed by atoms with Crippen LogP contribution in [0.15, 0.2) is 66.7 Å². The quantitative estimate of drug-likeness (QED) is 0.270. The van der Waals surface area contributed by atoms with Crippen molar-refractivity contribution in [3.05, 3.63) is 89.2 Å². The number of fused-ring (bicyclic) bond motifs is 1. The van der Waals surface area contributed by atoms with Crippen molar-refractivity contribution in [2.24, 2.45) is 0 Å². The number of carbonyl (C=O) groups is 1. The van der Waals surface area contributed by atoms with E-state index in [1.807, 2.05) is 24.3 Å². The van der Waals surface area contributed by atoms with Crippen LogP contribution in [-0.2, 0) is 24.2 Å². The zero-order valence-corrected chi connectivity index (χ0v) is 21.4. The minimum absolute atomic E-state index is 0.0158. The summed E-state index contributed by atoms with van der Waals surface area (Å²) in [5.41, 5.74) is 5.67. The molecule has 188 valence electrons. The van der Waals surface area contributed by atoms with Crippen molar-refractivity contribution < 1.29 is 14.3 Å². The zero-order valence-electron chi connectivity index (χ0n) is 21.4. The number of benzene rings is 3. The number of para-hydroxylation sites is 2. The van der Waals surface area contributed by atoms with E-state index >= 15 is 0 Å². The Morgan fingerprint density at radius 2 is 1.64 bits per heavy atom. The number of ether oxygens (including phenoxy) is 2. The van der Waals surface area contributed by atoms with Crippen LogP contribution in [0.1, 0.15) is 41.8 Å². The van der Waals surface area contributed by atoms with Crippen molar-refractivity contribution in [1.29, 1.82) is 0 Å². The van der Waals surface area contributed by atoms with Crippen LogP contribution in [0.3, 0.4) is 0 Å². The Bertz CT molecular complexity index is 1290. The summed E-state index contributed by atoms with van der Waals surface area (Å²) in [4.78, 5) is 17.3. The fourth-order valence-electron chi connectivity index (χ4n) is 4.42. The molecule has 6 nitrogen and oxygen atoms in total. The molecule has 6 heteroatoms. The van der Waals surface area contributed by atoms with Crippen molar-refractivity contribution in [3.8, 4) is 11.5 Å². The molecule has 1 N–H and O–H groups in total. The molecule has 0 saturated carbocycles. The van der Waals surface area contributed by atoms with Gasteiger partial charge >= 0.3 is 0 Å². The molecule has 0 aliphatic heterocycles. The first-order valence-electron chi connectivity index (χ1n) is 12.5. The number of carbonyl (C=O) groups excluding carboxylic acids is 1. The summed E-state index contributed by atoms with van der Waals surface area (Å²) in [7, 11) is 3.20. The number of hydrogen-bond acceptors (Lipinski definition) is 4. The lowest BCUT2D eigenvalue weighted by molar-refractivity contribution is -0.120. The Kier molecular flexibility index (Phi) is 8.61. The molecule has 0 unspecified atom stereocenters. The van der Waals surface area contributed by atoms with E-state index in [2.05, 4.69) is 59.3 Å². The van der Waals surface area contributed by atoms with Gasteiger partial charge in [0, 0.05) is 19.5 Å². The van der Waals surface area contributed by atoms with E-state index in [0.29, 0.717) is 24.5 Å². The molecule has 1 heterocycles. The highest BCUT2D eigenvalue weighted by Crippen LogP contribution is 2.27. The molecule has 1 amide bonds. The lowest BCUT2D eigenvalue weighted by Crippen LogP contribution is -2.26. The predicted octanol–water partition coefficient (Wildman–Crippen LogP) is 5.48. The first-order valence-corrected chi connectivity index (χ1v) is 12.5. The average molecular weight is 486 g/mol. The lowest BCUT2D eigenvalue weighted by Gasteiger charge is -2.11. The Morgan fingerprint density at radius 3 is 2.42 bits per heavy atom. The van der Waals surface area contributed by atoms with Crippen LogP contribution in [0.5, 0.6) is 11.5 Å². The molecule has 0 atom stereocenters. The minimum Gasteiger partial charge on any atom is -0.493 e. The zero-order chi connectivity index (χ0) is 25.3. The van der Waals surface area contributed by atoms with Crippen molar-refractivity contribution in [3.63, 3.8) is 0 Å². The number of aryl methyl sites for hydroxylation is 2. The number of imidazole rings is 1. The van der Waals surface area contributed by atoms with Crippen LogP contribution in [0, 0.1) is 6.92 Å². The summed E-state index contributed by atoms with van der Waals surface area (Å²) < 4.78 is 12.9. The minimum atomic E-state index is 0.0158. The van der Waals surface area contributed by atoms with Gasteiger partial charge in [-0.25, -0.2) is 4.98 Å². The van der Waals surface area contributed by atoms with Gasteiger partial charge in [-0.1, -0.05) is 54.4 Å². The summed E-state index contributed by atoms with van der Waals surface area (Å²) >= 11 is 0.